The Morgan fingerprint density at radius 2 is 1.70 bits per heavy atom. The normalized spacial score (nSPS) is 19.9. The highest BCUT2D eigenvalue weighted by Crippen LogP contribution is 2.63. The van der Waals surface area contributed by atoms with E-state index in [0.717, 1.165) is 19.9 Å². The average molecular weight is 306 g/mol. The van der Waals surface area contributed by atoms with E-state index in [-0.39, 0.29) is 13.0 Å². The zero-order chi connectivity index (χ0) is 16.2. The largest absolute Gasteiger partial charge is 0.481 e. The third-order valence-electron chi connectivity index (χ3n) is 3.45. The number of allylic oxidation sites excluding steroid dienone is 1. The lowest BCUT2D eigenvalue weighted by Crippen LogP contribution is -2.54. The predicted molar refractivity (Wildman–Crippen MR) is 72.6 cm³/mol. The minimum atomic E-state index is -4.79. The van der Waals surface area contributed by atoms with Crippen molar-refractivity contribution < 1.29 is 33.8 Å². The SMILES string of the molecule is C=CCOP(=O)(O)C(C)(C(=O)O)C(C)(CC=C)C(=O)O. The molecule has 0 aliphatic heterocycles. The van der Waals surface area contributed by atoms with Gasteiger partial charge < -0.3 is 19.6 Å². The minimum Gasteiger partial charge on any atom is -0.481 e. The molecule has 0 heterocycles. The fraction of sp³-hybridized carbons (Fsp3) is 0.500. The van der Waals surface area contributed by atoms with Crippen LogP contribution < -0.4 is 0 Å². The zero-order valence-electron chi connectivity index (χ0n) is 11.4. The Kier molecular flexibility index (Phi) is 5.89. The molecule has 0 aromatic rings. The third kappa shape index (κ3) is 2.85. The molecular formula is C12H19O7P. The van der Waals surface area contributed by atoms with Gasteiger partial charge in [0.15, 0.2) is 5.16 Å². The first-order valence-electron chi connectivity index (χ1n) is 5.67. The molecule has 3 atom stereocenters. The van der Waals surface area contributed by atoms with E-state index in [4.69, 9.17) is 0 Å². The lowest BCUT2D eigenvalue weighted by molar-refractivity contribution is -0.159. The first-order valence-corrected chi connectivity index (χ1v) is 7.25. The van der Waals surface area contributed by atoms with Gasteiger partial charge in [-0.1, -0.05) is 12.2 Å². The first kappa shape index (κ1) is 18.6. The van der Waals surface area contributed by atoms with Gasteiger partial charge in [-0.2, -0.15) is 0 Å². The van der Waals surface area contributed by atoms with Gasteiger partial charge in [0, 0.05) is 0 Å². The molecule has 20 heavy (non-hydrogen) atoms. The van der Waals surface area contributed by atoms with Gasteiger partial charge in [0.25, 0.3) is 0 Å². The molecule has 0 aliphatic carbocycles. The molecule has 0 aromatic carbocycles. The molecule has 0 aliphatic rings. The van der Waals surface area contributed by atoms with Crippen molar-refractivity contribution in [3.05, 3.63) is 25.3 Å². The maximum Gasteiger partial charge on any atom is 0.346 e. The Morgan fingerprint density at radius 3 is 2.00 bits per heavy atom. The fourth-order valence-corrected chi connectivity index (χ4v) is 3.35. The molecule has 0 amide bonds. The summed E-state index contributed by atoms with van der Waals surface area (Å²) in [7, 11) is -4.79. The van der Waals surface area contributed by atoms with Crippen molar-refractivity contribution in [2.45, 2.75) is 25.4 Å². The van der Waals surface area contributed by atoms with Crippen LogP contribution in [0.3, 0.4) is 0 Å². The lowest BCUT2D eigenvalue weighted by atomic mass is 9.74. The fourth-order valence-electron chi connectivity index (χ4n) is 1.73. The predicted octanol–water partition coefficient (Wildman–Crippen LogP) is 1.88. The Balaban J connectivity index is 6.12. The van der Waals surface area contributed by atoms with Crippen molar-refractivity contribution >= 4 is 19.5 Å². The summed E-state index contributed by atoms with van der Waals surface area (Å²) in [6.45, 7) is 8.23. The molecule has 0 bridgehead atoms. The molecule has 0 spiro atoms. The summed E-state index contributed by atoms with van der Waals surface area (Å²) in [5, 5.41) is 16.1. The second-order valence-corrected chi connectivity index (χ2v) is 6.81. The van der Waals surface area contributed by atoms with E-state index in [2.05, 4.69) is 17.7 Å². The van der Waals surface area contributed by atoms with E-state index in [1.807, 2.05) is 0 Å². The summed E-state index contributed by atoms with van der Waals surface area (Å²) < 4.78 is 16.9. The van der Waals surface area contributed by atoms with Gasteiger partial charge in [0.2, 0.25) is 0 Å². The quantitative estimate of drug-likeness (QED) is 0.439. The smallest absolute Gasteiger partial charge is 0.346 e. The van der Waals surface area contributed by atoms with Crippen LogP contribution in [-0.2, 0) is 18.7 Å². The van der Waals surface area contributed by atoms with Gasteiger partial charge in [-0.25, -0.2) is 0 Å². The Hall–Kier alpha value is -1.43. The van der Waals surface area contributed by atoms with Gasteiger partial charge in [0.1, 0.15) is 0 Å². The van der Waals surface area contributed by atoms with E-state index in [1.165, 1.54) is 6.08 Å². The number of carbonyl (C=O) groups is 2. The van der Waals surface area contributed by atoms with E-state index in [1.54, 1.807) is 0 Å². The van der Waals surface area contributed by atoms with Gasteiger partial charge in [-0.05, 0) is 20.3 Å². The van der Waals surface area contributed by atoms with Crippen LogP contribution in [0.1, 0.15) is 20.3 Å². The standard InChI is InChI=1S/C12H19O7P/c1-5-7-11(3,9(13)14)12(4,10(15)16)20(17,18)19-8-6-2/h5-6H,1-2,7-8H2,3-4H3,(H,13,14)(H,15,16)(H,17,18). The van der Waals surface area contributed by atoms with Crippen molar-refractivity contribution in [3.63, 3.8) is 0 Å². The highest BCUT2D eigenvalue weighted by molar-refractivity contribution is 7.56. The topological polar surface area (TPSA) is 121 Å². The summed E-state index contributed by atoms with van der Waals surface area (Å²) in [5.41, 5.74) is -2.06. The van der Waals surface area contributed by atoms with Crippen LogP contribution in [0.15, 0.2) is 25.3 Å². The van der Waals surface area contributed by atoms with E-state index in [9.17, 15) is 29.3 Å². The molecule has 0 saturated heterocycles. The van der Waals surface area contributed by atoms with Crippen LogP contribution in [0.4, 0.5) is 0 Å². The second kappa shape index (κ2) is 6.35. The molecule has 114 valence electrons. The molecule has 3 N–H and O–H groups in total. The molecule has 0 rings (SSSR count). The third-order valence-corrected chi connectivity index (χ3v) is 5.76. The minimum absolute atomic E-state index is 0.312. The van der Waals surface area contributed by atoms with Crippen LogP contribution >= 0.6 is 7.60 Å². The second-order valence-electron chi connectivity index (χ2n) is 4.61. The van der Waals surface area contributed by atoms with Crippen LogP contribution in [0, 0.1) is 5.41 Å². The van der Waals surface area contributed by atoms with Crippen molar-refractivity contribution in [1.82, 2.24) is 0 Å². The van der Waals surface area contributed by atoms with Crippen LogP contribution in [-0.4, -0.2) is 38.8 Å². The Bertz CT molecular complexity index is 472. The summed E-state index contributed by atoms with van der Waals surface area (Å²) in [6, 6.07) is 0. The van der Waals surface area contributed by atoms with Crippen molar-refractivity contribution in [1.29, 1.82) is 0 Å². The Labute approximate surface area is 117 Å². The first-order chi connectivity index (χ1) is 9.01. The van der Waals surface area contributed by atoms with Crippen molar-refractivity contribution in [3.8, 4) is 0 Å². The summed E-state index contributed by atoms with van der Waals surface area (Å²) in [4.78, 5) is 32.9. The van der Waals surface area contributed by atoms with Gasteiger partial charge in [-0.3, -0.25) is 14.2 Å². The number of hydrogen-bond donors (Lipinski definition) is 3. The number of carboxylic acids is 2. The van der Waals surface area contributed by atoms with E-state index >= 15 is 0 Å². The number of carboxylic acid groups (broad SMARTS) is 2. The number of hydrogen-bond acceptors (Lipinski definition) is 4. The highest BCUT2D eigenvalue weighted by Gasteiger charge is 2.66. The zero-order valence-corrected chi connectivity index (χ0v) is 12.3. The molecule has 3 unspecified atom stereocenters. The molecule has 0 aromatic heterocycles. The molecule has 7 nitrogen and oxygen atoms in total. The summed E-state index contributed by atoms with van der Waals surface area (Å²) >= 11 is 0. The summed E-state index contributed by atoms with van der Waals surface area (Å²) in [5.74, 6) is -3.27. The van der Waals surface area contributed by atoms with Gasteiger partial charge in [0.05, 0.1) is 12.0 Å². The van der Waals surface area contributed by atoms with Crippen LogP contribution in [0.5, 0.6) is 0 Å². The Morgan fingerprint density at radius 1 is 1.20 bits per heavy atom. The number of aliphatic carboxylic acids is 2. The molecule has 8 heteroatoms. The van der Waals surface area contributed by atoms with E-state index in [0.29, 0.717) is 0 Å². The lowest BCUT2D eigenvalue weighted by Gasteiger charge is -2.40. The monoisotopic (exact) mass is 306 g/mol. The highest BCUT2D eigenvalue weighted by atomic mass is 31.2. The average Bonchev–Trinajstić information content (AvgIpc) is 2.34. The van der Waals surface area contributed by atoms with E-state index < -0.39 is 30.1 Å². The molecule has 0 radical (unpaired) electrons. The summed E-state index contributed by atoms with van der Waals surface area (Å²) in [6.07, 6.45) is 2.03. The van der Waals surface area contributed by atoms with Gasteiger partial charge >= 0.3 is 19.5 Å². The van der Waals surface area contributed by atoms with Crippen LogP contribution in [0.25, 0.3) is 0 Å². The molecule has 0 fully saturated rings. The van der Waals surface area contributed by atoms with Crippen molar-refractivity contribution in [2.75, 3.05) is 6.61 Å². The molecule has 0 saturated carbocycles. The van der Waals surface area contributed by atoms with Gasteiger partial charge in [-0.15, -0.1) is 13.2 Å². The van der Waals surface area contributed by atoms with Crippen LogP contribution in [0.2, 0.25) is 0 Å². The van der Waals surface area contributed by atoms with Crippen molar-refractivity contribution in [2.24, 2.45) is 5.41 Å². The maximum absolute atomic E-state index is 12.3. The molecular weight excluding hydrogens is 287 g/mol. The number of rotatable bonds is 9. The maximum atomic E-state index is 12.3.